The highest BCUT2D eigenvalue weighted by atomic mass is 35.5. The van der Waals surface area contributed by atoms with E-state index < -0.39 is 4.92 Å². The Kier molecular flexibility index (Phi) is 4.28. The predicted molar refractivity (Wildman–Crippen MR) is 73.2 cm³/mol. The van der Waals surface area contributed by atoms with Crippen molar-refractivity contribution in [2.24, 2.45) is 0 Å². The molecule has 0 saturated heterocycles. The molecule has 0 bridgehead atoms. The van der Waals surface area contributed by atoms with Gasteiger partial charge in [0.05, 0.1) is 10.6 Å². The molecule has 94 valence electrons. The summed E-state index contributed by atoms with van der Waals surface area (Å²) in [4.78, 5) is 14.6. The second-order valence-electron chi connectivity index (χ2n) is 3.74. The number of hydrogen-bond acceptors (Lipinski definition) is 4. The van der Waals surface area contributed by atoms with E-state index in [9.17, 15) is 10.1 Å². The zero-order valence-corrected chi connectivity index (χ0v) is 11.1. The molecule has 0 saturated carbocycles. The lowest BCUT2D eigenvalue weighted by Crippen LogP contribution is -1.88. The summed E-state index contributed by atoms with van der Waals surface area (Å²) in [5.41, 5.74) is 2.02. The quantitative estimate of drug-likeness (QED) is 0.475. The molecule has 0 atom stereocenters. The van der Waals surface area contributed by atoms with E-state index in [-0.39, 0.29) is 5.69 Å². The number of aromatic nitrogens is 1. The smallest absolute Gasteiger partial charge is 0.258 e. The summed E-state index contributed by atoms with van der Waals surface area (Å²) in [7, 11) is 0. The van der Waals surface area contributed by atoms with Crippen molar-refractivity contribution in [1.29, 1.82) is 0 Å². The van der Waals surface area contributed by atoms with E-state index >= 15 is 0 Å². The van der Waals surface area contributed by atoms with E-state index in [1.54, 1.807) is 23.5 Å². The van der Waals surface area contributed by atoms with Gasteiger partial charge in [0.2, 0.25) is 0 Å². The number of nitro benzene ring substituents is 1. The molecular weight excluding hydrogens is 272 g/mol. The molecule has 1 heterocycles. The number of thiazole rings is 1. The van der Waals surface area contributed by atoms with Crippen molar-refractivity contribution in [3.63, 3.8) is 0 Å². The van der Waals surface area contributed by atoms with E-state index in [2.05, 4.69) is 4.98 Å². The second-order valence-corrected chi connectivity index (χ2v) is 4.98. The summed E-state index contributed by atoms with van der Waals surface area (Å²) in [6.45, 7) is 0. The Bertz CT molecular complexity index is 539. The highest BCUT2D eigenvalue weighted by molar-refractivity contribution is 7.13. The van der Waals surface area contributed by atoms with Crippen LogP contribution in [0.5, 0.6) is 0 Å². The first kappa shape index (κ1) is 13.0. The molecule has 1 aromatic heterocycles. The lowest BCUT2D eigenvalue weighted by molar-refractivity contribution is -0.384. The van der Waals surface area contributed by atoms with Crippen molar-refractivity contribution in [3.8, 4) is 10.6 Å². The number of aryl methyl sites for hydroxylation is 1. The molecule has 6 heteroatoms. The molecule has 0 aliphatic rings. The minimum atomic E-state index is -0.405. The fraction of sp³-hybridized carbons (Fsp3) is 0.250. The zero-order chi connectivity index (χ0) is 13.0. The molecule has 0 fully saturated rings. The molecule has 0 N–H and O–H groups in total. The predicted octanol–water partition coefficient (Wildman–Crippen LogP) is 3.89. The summed E-state index contributed by atoms with van der Waals surface area (Å²) >= 11 is 7.18. The molecule has 18 heavy (non-hydrogen) atoms. The molecule has 2 rings (SSSR count). The van der Waals surface area contributed by atoms with E-state index in [4.69, 9.17) is 11.6 Å². The molecule has 0 radical (unpaired) electrons. The molecule has 0 spiro atoms. The van der Waals surface area contributed by atoms with Gasteiger partial charge in [-0.25, -0.2) is 4.98 Å². The number of non-ortho nitro benzene ring substituents is 1. The standard InChI is InChI=1S/C12H11ClN2O2S/c13-7-1-2-10-8-18-12(14-10)9-3-5-11(6-4-9)15(16)17/h3-6,8H,1-2,7H2. The minimum absolute atomic E-state index is 0.0951. The molecular formula is C12H11ClN2O2S. The lowest BCUT2D eigenvalue weighted by Gasteiger charge is -1.96. The maximum Gasteiger partial charge on any atom is 0.269 e. The first-order chi connectivity index (χ1) is 8.70. The van der Waals surface area contributed by atoms with Gasteiger partial charge in [-0.05, 0) is 25.0 Å². The molecule has 0 aliphatic carbocycles. The van der Waals surface area contributed by atoms with Crippen molar-refractivity contribution in [1.82, 2.24) is 4.98 Å². The maximum absolute atomic E-state index is 10.6. The number of alkyl halides is 1. The monoisotopic (exact) mass is 282 g/mol. The van der Waals surface area contributed by atoms with Crippen LogP contribution in [0.1, 0.15) is 12.1 Å². The Labute approximate surface area is 113 Å². The fourth-order valence-corrected chi connectivity index (χ4v) is 2.52. The van der Waals surface area contributed by atoms with Crippen LogP contribution in [0.3, 0.4) is 0 Å². The number of halogens is 1. The minimum Gasteiger partial charge on any atom is -0.258 e. The Morgan fingerprint density at radius 1 is 1.33 bits per heavy atom. The molecule has 0 aliphatic heterocycles. The van der Waals surface area contributed by atoms with Crippen molar-refractivity contribution in [2.45, 2.75) is 12.8 Å². The van der Waals surface area contributed by atoms with Gasteiger partial charge in [0, 0.05) is 29.0 Å². The van der Waals surface area contributed by atoms with Gasteiger partial charge < -0.3 is 0 Å². The normalized spacial score (nSPS) is 10.5. The largest absolute Gasteiger partial charge is 0.269 e. The Morgan fingerprint density at radius 3 is 2.67 bits per heavy atom. The first-order valence-corrected chi connectivity index (χ1v) is 6.87. The van der Waals surface area contributed by atoms with Crippen molar-refractivity contribution in [2.75, 3.05) is 5.88 Å². The van der Waals surface area contributed by atoms with Gasteiger partial charge >= 0.3 is 0 Å². The van der Waals surface area contributed by atoms with Gasteiger partial charge in [0.25, 0.3) is 5.69 Å². The van der Waals surface area contributed by atoms with Crippen molar-refractivity contribution >= 4 is 28.6 Å². The number of nitro groups is 1. The van der Waals surface area contributed by atoms with Crippen LogP contribution in [0.15, 0.2) is 29.6 Å². The van der Waals surface area contributed by atoms with Crippen molar-refractivity contribution in [3.05, 3.63) is 45.5 Å². The SMILES string of the molecule is O=[N+]([O-])c1ccc(-c2nc(CCCCl)cs2)cc1. The second kappa shape index (κ2) is 5.93. The highest BCUT2D eigenvalue weighted by Crippen LogP contribution is 2.26. The number of hydrogen-bond donors (Lipinski definition) is 0. The molecule has 0 unspecified atom stereocenters. The third kappa shape index (κ3) is 3.05. The summed E-state index contributed by atoms with van der Waals surface area (Å²) in [6, 6.07) is 6.44. The number of nitrogens with zero attached hydrogens (tertiary/aromatic N) is 2. The van der Waals surface area contributed by atoms with Crippen LogP contribution in [0, 0.1) is 10.1 Å². The van der Waals surface area contributed by atoms with E-state index in [0.717, 1.165) is 29.1 Å². The van der Waals surface area contributed by atoms with Crippen LogP contribution in [0.2, 0.25) is 0 Å². The van der Waals surface area contributed by atoms with Crippen LogP contribution in [0.4, 0.5) is 5.69 Å². The Morgan fingerprint density at radius 2 is 2.06 bits per heavy atom. The van der Waals surface area contributed by atoms with Gasteiger partial charge in [-0.1, -0.05) is 0 Å². The Hall–Kier alpha value is -1.46. The summed E-state index contributed by atoms with van der Waals surface area (Å²) < 4.78 is 0. The van der Waals surface area contributed by atoms with Gasteiger partial charge in [-0.15, -0.1) is 22.9 Å². The topological polar surface area (TPSA) is 56.0 Å². The number of benzene rings is 1. The van der Waals surface area contributed by atoms with E-state index in [0.29, 0.717) is 5.88 Å². The van der Waals surface area contributed by atoms with Crippen LogP contribution in [-0.4, -0.2) is 15.8 Å². The average Bonchev–Trinajstić information content (AvgIpc) is 2.85. The van der Waals surface area contributed by atoms with Crippen LogP contribution >= 0.6 is 22.9 Å². The third-order valence-electron chi connectivity index (χ3n) is 2.44. The van der Waals surface area contributed by atoms with Crippen LogP contribution in [-0.2, 0) is 6.42 Å². The summed E-state index contributed by atoms with van der Waals surface area (Å²) in [5, 5.41) is 13.4. The van der Waals surface area contributed by atoms with Gasteiger partial charge in [0.15, 0.2) is 0 Å². The highest BCUT2D eigenvalue weighted by Gasteiger charge is 2.08. The van der Waals surface area contributed by atoms with Crippen LogP contribution in [0.25, 0.3) is 10.6 Å². The van der Waals surface area contributed by atoms with Crippen LogP contribution < -0.4 is 0 Å². The van der Waals surface area contributed by atoms with Gasteiger partial charge in [-0.3, -0.25) is 10.1 Å². The maximum atomic E-state index is 10.6. The Balaban J connectivity index is 2.15. The van der Waals surface area contributed by atoms with E-state index in [1.165, 1.54) is 12.1 Å². The van der Waals surface area contributed by atoms with E-state index in [1.807, 2.05) is 5.38 Å². The molecule has 4 nitrogen and oxygen atoms in total. The van der Waals surface area contributed by atoms with Gasteiger partial charge in [0.1, 0.15) is 5.01 Å². The van der Waals surface area contributed by atoms with Gasteiger partial charge in [-0.2, -0.15) is 0 Å². The molecule has 2 aromatic rings. The molecule has 0 amide bonds. The average molecular weight is 283 g/mol. The lowest BCUT2D eigenvalue weighted by atomic mass is 10.2. The number of rotatable bonds is 5. The summed E-state index contributed by atoms with van der Waals surface area (Å²) in [6.07, 6.45) is 1.78. The zero-order valence-electron chi connectivity index (χ0n) is 9.51. The summed E-state index contributed by atoms with van der Waals surface area (Å²) in [5.74, 6) is 0.629. The fourth-order valence-electron chi connectivity index (χ4n) is 1.53. The first-order valence-electron chi connectivity index (χ1n) is 5.46. The van der Waals surface area contributed by atoms with Crippen molar-refractivity contribution < 1.29 is 4.92 Å². The third-order valence-corrected chi connectivity index (χ3v) is 3.65. The molecule has 1 aromatic carbocycles.